The molecule has 2 aliphatic carbocycles. The Labute approximate surface area is 314 Å². The van der Waals surface area contributed by atoms with Gasteiger partial charge in [-0.25, -0.2) is 0 Å². The second-order valence-electron chi connectivity index (χ2n) is 14.5. The van der Waals surface area contributed by atoms with E-state index in [1.54, 1.807) is 12.1 Å². The van der Waals surface area contributed by atoms with Crippen LogP contribution in [-0.4, -0.2) is 66.1 Å². The number of unbranched alkanes of at least 4 members (excludes halogenated alkanes) is 2. The van der Waals surface area contributed by atoms with Gasteiger partial charge in [0.05, 0.1) is 35.5 Å². The van der Waals surface area contributed by atoms with E-state index in [2.05, 4.69) is 65.2 Å². The van der Waals surface area contributed by atoms with Crippen molar-refractivity contribution in [2.75, 3.05) is 44.3 Å². The Kier molecular flexibility index (Phi) is 17.9. The number of anilines is 1. The number of aliphatic hydroxyl groups is 1. The molecule has 0 aromatic heterocycles. The van der Waals surface area contributed by atoms with E-state index in [1.807, 2.05) is 12.1 Å². The molecule has 0 radical (unpaired) electrons. The number of ketones is 2. The quantitative estimate of drug-likeness (QED) is 0.0963. The number of hydrogen-bond acceptors (Lipinski definition) is 8. The van der Waals surface area contributed by atoms with Gasteiger partial charge in [0.15, 0.2) is 5.78 Å². The van der Waals surface area contributed by atoms with Crippen LogP contribution in [0.3, 0.4) is 0 Å². The summed E-state index contributed by atoms with van der Waals surface area (Å²) in [5, 5.41) is 23.4. The zero-order valence-corrected chi connectivity index (χ0v) is 33.6. The summed E-state index contributed by atoms with van der Waals surface area (Å²) in [7, 11) is 0. The maximum atomic E-state index is 14.3. The maximum absolute atomic E-state index is 14.3. The largest absolute Gasteiger partial charge is 0.507 e. The van der Waals surface area contributed by atoms with Crippen LogP contribution in [-0.2, 0) is 14.3 Å². The van der Waals surface area contributed by atoms with Crippen LogP contribution in [0.4, 0.5) is 5.69 Å². The van der Waals surface area contributed by atoms with Crippen molar-refractivity contribution in [3.63, 3.8) is 0 Å². The van der Waals surface area contributed by atoms with E-state index in [9.17, 15) is 19.8 Å². The van der Waals surface area contributed by atoms with Gasteiger partial charge in [0.1, 0.15) is 23.0 Å². The molecule has 8 heteroatoms. The molecule has 1 aromatic rings. The molecule has 0 saturated carbocycles. The second kappa shape index (κ2) is 21.8. The molecule has 0 saturated heterocycles. The molecule has 8 nitrogen and oxygen atoms in total. The third-order valence-electron chi connectivity index (χ3n) is 10.3. The Balaban J connectivity index is 2.17. The molecule has 0 amide bonds. The highest BCUT2D eigenvalue weighted by molar-refractivity contribution is 6.42. The van der Waals surface area contributed by atoms with Crippen LogP contribution in [0, 0.1) is 11.8 Å². The van der Waals surface area contributed by atoms with Gasteiger partial charge in [-0.1, -0.05) is 93.9 Å². The average molecular weight is 721 g/mol. The SMILES string of the molecule is CCCCC(CC)COC1=CC(N(CCC)CCC)=CC(=O)/C1=C1\C(=O)C(c2c(O)cc(N(CCC)CCC)cc2OCC(CC)CCCC)=C1O. The molecule has 0 bridgehead atoms. The first-order valence-electron chi connectivity index (χ1n) is 20.5. The number of Topliss-reactive ketones (excluding diaryl/α,β-unsaturated/α-hetero) is 1. The molecule has 290 valence electrons. The molecule has 0 aliphatic heterocycles. The van der Waals surface area contributed by atoms with Crippen molar-refractivity contribution < 1.29 is 29.3 Å². The van der Waals surface area contributed by atoms with Crippen molar-refractivity contribution in [3.8, 4) is 11.5 Å². The zero-order chi connectivity index (χ0) is 38.2. The van der Waals surface area contributed by atoms with Gasteiger partial charge in [0, 0.05) is 61.8 Å². The van der Waals surface area contributed by atoms with Gasteiger partial charge >= 0.3 is 0 Å². The number of allylic oxidation sites excluding steroid dienone is 5. The van der Waals surface area contributed by atoms with Crippen LogP contribution in [0.25, 0.3) is 5.57 Å². The first-order chi connectivity index (χ1) is 25.1. The van der Waals surface area contributed by atoms with Crippen molar-refractivity contribution in [3.05, 3.63) is 58.2 Å². The van der Waals surface area contributed by atoms with E-state index >= 15 is 0 Å². The number of benzene rings is 1. The van der Waals surface area contributed by atoms with Crippen molar-refractivity contribution in [2.45, 2.75) is 132 Å². The second-order valence-corrected chi connectivity index (χ2v) is 14.5. The summed E-state index contributed by atoms with van der Waals surface area (Å²) in [6.07, 6.45) is 15.4. The zero-order valence-electron chi connectivity index (χ0n) is 33.6. The fraction of sp³-hybridized carbons (Fsp3) is 0.636. The Morgan fingerprint density at radius 3 is 1.67 bits per heavy atom. The summed E-state index contributed by atoms with van der Waals surface area (Å²) in [4.78, 5) is 32.7. The van der Waals surface area contributed by atoms with Gasteiger partial charge in [-0.3, -0.25) is 9.59 Å². The van der Waals surface area contributed by atoms with Gasteiger partial charge in [-0.2, -0.15) is 0 Å². The molecule has 0 spiro atoms. The predicted molar refractivity (Wildman–Crippen MR) is 214 cm³/mol. The third kappa shape index (κ3) is 10.7. The highest BCUT2D eigenvalue weighted by Gasteiger charge is 2.43. The number of nitrogens with zero attached hydrogens (tertiary/aromatic N) is 2. The van der Waals surface area contributed by atoms with Gasteiger partial charge < -0.3 is 29.5 Å². The highest BCUT2D eigenvalue weighted by atomic mass is 16.5. The fourth-order valence-corrected chi connectivity index (χ4v) is 7.15. The van der Waals surface area contributed by atoms with E-state index in [0.717, 1.165) is 115 Å². The van der Waals surface area contributed by atoms with Gasteiger partial charge in [-0.15, -0.1) is 0 Å². The summed E-state index contributed by atoms with van der Waals surface area (Å²) in [6, 6.07) is 3.55. The van der Waals surface area contributed by atoms with E-state index in [4.69, 9.17) is 9.47 Å². The maximum Gasteiger partial charge on any atom is 0.202 e. The van der Waals surface area contributed by atoms with E-state index < -0.39 is 5.78 Å². The third-order valence-corrected chi connectivity index (χ3v) is 10.3. The van der Waals surface area contributed by atoms with Crippen LogP contribution in [0.15, 0.2) is 52.6 Å². The molecule has 2 aliphatic rings. The summed E-state index contributed by atoms with van der Waals surface area (Å²) in [6.45, 7) is 21.1. The van der Waals surface area contributed by atoms with Crippen molar-refractivity contribution in [2.24, 2.45) is 11.8 Å². The minimum Gasteiger partial charge on any atom is -0.507 e. The normalized spacial score (nSPS) is 17.1. The van der Waals surface area contributed by atoms with Crippen molar-refractivity contribution >= 4 is 22.8 Å². The minimum absolute atomic E-state index is 0.0319. The smallest absolute Gasteiger partial charge is 0.202 e. The van der Waals surface area contributed by atoms with Gasteiger partial charge in [-0.05, 0) is 50.4 Å². The fourth-order valence-electron chi connectivity index (χ4n) is 7.15. The summed E-state index contributed by atoms with van der Waals surface area (Å²) < 4.78 is 12.9. The number of rotatable bonds is 25. The predicted octanol–water partition coefficient (Wildman–Crippen LogP) is 10.5. The average Bonchev–Trinajstić information content (AvgIpc) is 3.13. The number of phenols is 1. The molecule has 2 atom stereocenters. The van der Waals surface area contributed by atoms with Crippen molar-refractivity contribution in [1.29, 1.82) is 0 Å². The Morgan fingerprint density at radius 2 is 1.17 bits per heavy atom. The highest BCUT2D eigenvalue weighted by Crippen LogP contribution is 2.48. The van der Waals surface area contributed by atoms with E-state index in [1.165, 1.54) is 0 Å². The number of phenolic OH excluding ortho intramolecular Hbond substituents is 1. The summed E-state index contributed by atoms with van der Waals surface area (Å²) in [5.74, 6) is -0.0317. The van der Waals surface area contributed by atoms with E-state index in [0.29, 0.717) is 36.6 Å². The number of hydrogen-bond donors (Lipinski definition) is 2. The number of aliphatic hydroxyl groups excluding tert-OH is 1. The lowest BCUT2D eigenvalue weighted by molar-refractivity contribution is -0.114. The molecule has 0 heterocycles. The van der Waals surface area contributed by atoms with Crippen LogP contribution in [0.5, 0.6) is 11.5 Å². The van der Waals surface area contributed by atoms with Gasteiger partial charge in [0.25, 0.3) is 0 Å². The standard InChI is InChI=1S/C44H68N2O6/c1-9-17-19-31(15-7)29-51-37-27-33(45(21-11-3)22-12-4)25-35(47)39(37)41-43(49)42(44(41)50)40-36(48)26-34(46(23-13-5)24-14-6)28-38(40)52-30-32(16-8)20-18-10-2/h25-28,31-32,47,49H,9-24,29-30H2,1-8H3/b42-40+. The lowest BCUT2D eigenvalue weighted by atomic mass is 9.78. The number of ether oxygens (including phenoxy) is 2. The summed E-state index contributed by atoms with van der Waals surface area (Å²) in [5.41, 5.74) is 1.71. The number of carbonyl (C=O) groups excluding carboxylic acids is 2. The molecule has 0 fully saturated rings. The number of aromatic hydroxyl groups is 1. The molecule has 3 rings (SSSR count). The van der Waals surface area contributed by atoms with E-state index in [-0.39, 0.29) is 39.6 Å². The number of carbonyl (C=O) groups is 2. The first-order valence-corrected chi connectivity index (χ1v) is 20.5. The van der Waals surface area contributed by atoms with Crippen LogP contribution in [0.2, 0.25) is 0 Å². The van der Waals surface area contributed by atoms with Crippen molar-refractivity contribution in [1.82, 2.24) is 4.90 Å². The topological polar surface area (TPSA) is 99.5 Å². The lowest BCUT2D eigenvalue weighted by Crippen LogP contribution is -2.31. The molecule has 52 heavy (non-hydrogen) atoms. The lowest BCUT2D eigenvalue weighted by Gasteiger charge is -2.31. The minimum atomic E-state index is -0.505. The Bertz CT molecular complexity index is 1460. The Morgan fingerprint density at radius 1 is 0.635 bits per heavy atom. The molecular weight excluding hydrogens is 652 g/mol. The first kappa shape index (κ1) is 42.7. The molecule has 2 N–H and O–H groups in total. The van der Waals surface area contributed by atoms with Gasteiger partial charge in [0.2, 0.25) is 5.78 Å². The molecule has 1 aromatic carbocycles. The Hall–Kier alpha value is -3.68. The van der Waals surface area contributed by atoms with Crippen LogP contribution >= 0.6 is 0 Å². The van der Waals surface area contributed by atoms with Crippen LogP contribution in [0.1, 0.15) is 138 Å². The van der Waals surface area contributed by atoms with Crippen LogP contribution < -0.4 is 9.64 Å². The summed E-state index contributed by atoms with van der Waals surface area (Å²) >= 11 is 0. The molecular formula is C44H68N2O6. The molecule has 2 unspecified atom stereocenters. The monoisotopic (exact) mass is 721 g/mol.